The van der Waals surface area contributed by atoms with Crippen LogP contribution in [-0.4, -0.2) is 17.9 Å². The second kappa shape index (κ2) is 5.25. The van der Waals surface area contributed by atoms with Gasteiger partial charge in [0.25, 0.3) is 0 Å². The van der Waals surface area contributed by atoms with Crippen LogP contribution >= 0.6 is 0 Å². The van der Waals surface area contributed by atoms with Crippen LogP contribution in [0.5, 0.6) is 0 Å². The summed E-state index contributed by atoms with van der Waals surface area (Å²) in [7, 11) is 0. The van der Waals surface area contributed by atoms with Crippen molar-refractivity contribution in [1.82, 2.24) is 0 Å². The second-order valence-electron chi connectivity index (χ2n) is 3.10. The highest BCUT2D eigenvalue weighted by molar-refractivity contribution is 4.93. The van der Waals surface area contributed by atoms with Gasteiger partial charge in [-0.05, 0) is 19.3 Å². The molecule has 0 saturated heterocycles. The summed E-state index contributed by atoms with van der Waals surface area (Å²) in [6.45, 7) is 6.01. The van der Waals surface area contributed by atoms with Gasteiger partial charge in [-0.25, -0.2) is 8.78 Å². The third-order valence-electron chi connectivity index (χ3n) is 2.20. The first-order valence-electron chi connectivity index (χ1n) is 4.10. The van der Waals surface area contributed by atoms with Crippen LogP contribution in [0.3, 0.4) is 0 Å². The minimum atomic E-state index is -1.07. The maximum absolute atomic E-state index is 12.7. The van der Waals surface area contributed by atoms with Crippen molar-refractivity contribution in [3.63, 3.8) is 0 Å². The van der Waals surface area contributed by atoms with Gasteiger partial charge in [0.1, 0.15) is 6.17 Å². The van der Waals surface area contributed by atoms with Crippen LogP contribution in [0, 0.1) is 11.8 Å². The molecule has 1 N–H and O–H groups in total. The molecule has 0 spiro atoms. The minimum absolute atomic E-state index is 0.134. The Hall–Kier alpha value is -0.440. The fourth-order valence-corrected chi connectivity index (χ4v) is 1.16. The molecule has 1 nitrogen and oxygen atoms in total. The van der Waals surface area contributed by atoms with Crippen LogP contribution in [0.25, 0.3) is 0 Å². The first-order valence-corrected chi connectivity index (χ1v) is 4.10. The molecule has 0 heterocycles. The van der Waals surface area contributed by atoms with Crippen molar-refractivity contribution in [2.24, 2.45) is 11.8 Å². The Labute approximate surface area is 72.1 Å². The smallest absolute Gasteiger partial charge is 0.101 e. The molecule has 0 saturated carbocycles. The Kier molecular flexibility index (Phi) is 5.06. The Morgan fingerprint density at radius 1 is 1.50 bits per heavy atom. The van der Waals surface area contributed by atoms with E-state index in [2.05, 4.69) is 6.58 Å². The molecule has 0 radical (unpaired) electrons. The summed E-state index contributed by atoms with van der Waals surface area (Å²) in [5.74, 6) is -1.52. The van der Waals surface area contributed by atoms with E-state index in [0.29, 0.717) is 0 Å². The van der Waals surface area contributed by atoms with Crippen LogP contribution in [0.1, 0.15) is 20.3 Å². The molecule has 0 aliphatic carbocycles. The topological polar surface area (TPSA) is 20.2 Å². The van der Waals surface area contributed by atoms with Crippen molar-refractivity contribution in [2.45, 2.75) is 26.4 Å². The first-order chi connectivity index (χ1) is 5.50. The third kappa shape index (κ3) is 3.30. The highest BCUT2D eigenvalue weighted by atomic mass is 19.1. The van der Waals surface area contributed by atoms with Gasteiger partial charge in [-0.2, -0.15) is 0 Å². The summed E-state index contributed by atoms with van der Waals surface area (Å²) in [4.78, 5) is 0. The summed E-state index contributed by atoms with van der Waals surface area (Å²) < 4.78 is 25.4. The number of aliphatic hydroxyl groups excluding tert-OH is 1. The van der Waals surface area contributed by atoms with Gasteiger partial charge in [-0.3, -0.25) is 0 Å². The number of aliphatic hydroxyl groups is 1. The van der Waals surface area contributed by atoms with Crippen molar-refractivity contribution in [2.75, 3.05) is 6.61 Å². The van der Waals surface area contributed by atoms with E-state index < -0.39 is 23.8 Å². The first kappa shape index (κ1) is 11.6. The van der Waals surface area contributed by atoms with Crippen molar-refractivity contribution < 1.29 is 13.9 Å². The van der Waals surface area contributed by atoms with Crippen LogP contribution in [0.2, 0.25) is 0 Å². The standard InChI is InChI=1S/C9H16F2O/c1-6(7(2)10)9(4-5-12)8(3)11/h6-7,9,12H,3-5H2,1-2H3/t6-,7-,9+/m1/s1. The van der Waals surface area contributed by atoms with Gasteiger partial charge >= 0.3 is 0 Å². The summed E-state index contributed by atoms with van der Waals surface area (Å²) in [6, 6.07) is 0. The van der Waals surface area contributed by atoms with Crippen molar-refractivity contribution in [1.29, 1.82) is 0 Å². The van der Waals surface area contributed by atoms with E-state index in [9.17, 15) is 8.78 Å². The molecule has 12 heavy (non-hydrogen) atoms. The number of allylic oxidation sites excluding steroid dienone is 1. The number of hydrogen-bond donors (Lipinski definition) is 1. The highest BCUT2D eigenvalue weighted by Crippen LogP contribution is 2.27. The van der Waals surface area contributed by atoms with Crippen molar-refractivity contribution >= 4 is 0 Å². The quantitative estimate of drug-likeness (QED) is 0.685. The van der Waals surface area contributed by atoms with Crippen molar-refractivity contribution in [3.05, 3.63) is 12.4 Å². The van der Waals surface area contributed by atoms with Crippen LogP contribution < -0.4 is 0 Å². The maximum Gasteiger partial charge on any atom is 0.101 e. The summed E-state index contributed by atoms with van der Waals surface area (Å²) in [5.41, 5.74) is 0. The van der Waals surface area contributed by atoms with Gasteiger partial charge in [0, 0.05) is 12.5 Å². The molecular weight excluding hydrogens is 162 g/mol. The van der Waals surface area contributed by atoms with Gasteiger partial charge in [-0.15, -0.1) is 0 Å². The number of alkyl halides is 1. The Balaban J connectivity index is 4.18. The van der Waals surface area contributed by atoms with Gasteiger partial charge in [0.2, 0.25) is 0 Å². The van der Waals surface area contributed by atoms with E-state index in [4.69, 9.17) is 5.11 Å². The van der Waals surface area contributed by atoms with Crippen LogP contribution in [0.4, 0.5) is 8.78 Å². The monoisotopic (exact) mass is 178 g/mol. The molecule has 72 valence electrons. The Morgan fingerprint density at radius 3 is 2.25 bits per heavy atom. The molecule has 0 aliphatic rings. The van der Waals surface area contributed by atoms with Gasteiger partial charge in [0.15, 0.2) is 0 Å². The van der Waals surface area contributed by atoms with Crippen LogP contribution in [0.15, 0.2) is 12.4 Å². The SMILES string of the molecule is C=C(F)[C@@H](CCO)[C@H](C)[C@@H](C)F. The highest BCUT2D eigenvalue weighted by Gasteiger charge is 2.24. The zero-order valence-corrected chi connectivity index (χ0v) is 7.56. The van der Waals surface area contributed by atoms with E-state index in [1.54, 1.807) is 6.92 Å². The van der Waals surface area contributed by atoms with Gasteiger partial charge in [-0.1, -0.05) is 13.5 Å². The van der Waals surface area contributed by atoms with Crippen molar-refractivity contribution in [3.8, 4) is 0 Å². The zero-order chi connectivity index (χ0) is 9.72. The lowest BCUT2D eigenvalue weighted by molar-refractivity contribution is 0.165. The minimum Gasteiger partial charge on any atom is -0.396 e. The van der Waals surface area contributed by atoms with Gasteiger partial charge < -0.3 is 5.11 Å². The van der Waals surface area contributed by atoms with Crippen LogP contribution in [-0.2, 0) is 0 Å². The number of hydrogen-bond acceptors (Lipinski definition) is 1. The molecule has 0 aliphatic heterocycles. The molecule has 0 amide bonds. The molecular formula is C9H16F2O. The molecule has 3 heteroatoms. The third-order valence-corrected chi connectivity index (χ3v) is 2.20. The number of halogens is 2. The fourth-order valence-electron chi connectivity index (χ4n) is 1.16. The van der Waals surface area contributed by atoms with E-state index in [-0.39, 0.29) is 13.0 Å². The predicted octanol–water partition coefficient (Wildman–Crippen LogP) is 2.46. The van der Waals surface area contributed by atoms with E-state index in [1.807, 2.05) is 0 Å². The zero-order valence-electron chi connectivity index (χ0n) is 7.56. The van der Waals surface area contributed by atoms with Gasteiger partial charge in [0.05, 0.1) is 5.83 Å². The largest absolute Gasteiger partial charge is 0.396 e. The average molecular weight is 178 g/mol. The molecule has 0 fully saturated rings. The lowest BCUT2D eigenvalue weighted by Crippen LogP contribution is -2.21. The molecule has 0 rings (SSSR count). The average Bonchev–Trinajstić information content (AvgIpc) is 1.98. The van der Waals surface area contributed by atoms with E-state index in [0.717, 1.165) is 0 Å². The molecule has 0 aromatic carbocycles. The maximum atomic E-state index is 12.7. The Morgan fingerprint density at radius 2 is 2.00 bits per heavy atom. The molecule has 0 unspecified atom stereocenters. The molecule has 0 aromatic rings. The Bertz CT molecular complexity index is 145. The fraction of sp³-hybridized carbons (Fsp3) is 0.778. The van der Waals surface area contributed by atoms with E-state index in [1.165, 1.54) is 6.92 Å². The molecule has 0 aromatic heterocycles. The normalized spacial score (nSPS) is 18.4. The molecule has 0 bridgehead atoms. The van der Waals surface area contributed by atoms with E-state index >= 15 is 0 Å². The second-order valence-corrected chi connectivity index (χ2v) is 3.10. The summed E-state index contributed by atoms with van der Waals surface area (Å²) in [6.07, 6.45) is -0.834. The molecule has 3 atom stereocenters. The summed E-state index contributed by atoms with van der Waals surface area (Å²) >= 11 is 0. The lowest BCUT2D eigenvalue weighted by atomic mass is 9.87. The lowest BCUT2D eigenvalue weighted by Gasteiger charge is -2.22. The summed E-state index contributed by atoms with van der Waals surface area (Å²) in [5, 5.41) is 8.59. The number of rotatable bonds is 5. The predicted molar refractivity (Wildman–Crippen MR) is 45.2 cm³/mol.